The lowest BCUT2D eigenvalue weighted by Gasteiger charge is -2.11. The zero-order valence-electron chi connectivity index (χ0n) is 13.7. The first-order valence-corrected chi connectivity index (χ1v) is 7.91. The second kappa shape index (κ2) is 5.57. The number of imidazole rings is 1. The lowest BCUT2D eigenvalue weighted by molar-refractivity contribution is 0.466. The summed E-state index contributed by atoms with van der Waals surface area (Å²) in [5.41, 5.74) is 3.84. The molecule has 120 valence electrons. The molecule has 0 aliphatic heterocycles. The molecule has 0 atom stereocenters. The Morgan fingerprint density at radius 2 is 1.92 bits per heavy atom. The smallest absolute Gasteiger partial charge is 0.140 e. The number of phenolic OH excluding ortho intramolecular Hbond substituents is 1. The van der Waals surface area contributed by atoms with Gasteiger partial charge in [0.05, 0.1) is 6.54 Å². The van der Waals surface area contributed by atoms with Crippen molar-refractivity contribution in [2.45, 2.75) is 20.4 Å². The minimum absolute atomic E-state index is 0.303. The fourth-order valence-electron chi connectivity index (χ4n) is 3.02. The van der Waals surface area contributed by atoms with Gasteiger partial charge in [0.2, 0.25) is 0 Å². The number of aromatic nitrogens is 2. The van der Waals surface area contributed by atoms with E-state index in [4.69, 9.17) is 4.42 Å². The number of hydrogen-bond acceptors (Lipinski definition) is 3. The molecule has 4 nitrogen and oxygen atoms in total. The van der Waals surface area contributed by atoms with Crippen LogP contribution >= 0.6 is 0 Å². The van der Waals surface area contributed by atoms with E-state index in [9.17, 15) is 5.11 Å². The van der Waals surface area contributed by atoms with E-state index in [1.807, 2.05) is 56.4 Å². The highest BCUT2D eigenvalue weighted by Gasteiger charge is 2.13. The topological polar surface area (TPSA) is 51.2 Å². The van der Waals surface area contributed by atoms with Gasteiger partial charge in [-0.05, 0) is 44.2 Å². The van der Waals surface area contributed by atoms with E-state index in [1.54, 1.807) is 6.07 Å². The van der Waals surface area contributed by atoms with Gasteiger partial charge in [0, 0.05) is 28.4 Å². The zero-order chi connectivity index (χ0) is 16.7. The number of aryl methyl sites for hydroxylation is 2. The van der Waals surface area contributed by atoms with Gasteiger partial charge >= 0.3 is 0 Å². The number of aromatic hydroxyl groups is 1. The molecular weight excluding hydrogens is 300 g/mol. The molecule has 0 unspecified atom stereocenters. The van der Waals surface area contributed by atoms with Crippen molar-refractivity contribution in [3.8, 4) is 17.1 Å². The molecule has 0 saturated heterocycles. The summed E-state index contributed by atoms with van der Waals surface area (Å²) in [6.07, 6.45) is 1.86. The molecule has 0 aliphatic carbocycles. The highest BCUT2D eigenvalue weighted by atomic mass is 16.3. The Balaban J connectivity index is 1.79. The quantitative estimate of drug-likeness (QED) is 0.597. The number of phenols is 1. The molecule has 0 radical (unpaired) electrons. The largest absolute Gasteiger partial charge is 0.508 e. The maximum absolute atomic E-state index is 10.1. The van der Waals surface area contributed by atoms with E-state index in [2.05, 4.69) is 15.6 Å². The van der Waals surface area contributed by atoms with Crippen LogP contribution in [0.4, 0.5) is 0 Å². The van der Waals surface area contributed by atoms with Gasteiger partial charge in [0.25, 0.3) is 0 Å². The van der Waals surface area contributed by atoms with Crippen molar-refractivity contribution in [3.05, 3.63) is 71.7 Å². The Hall–Kier alpha value is -3.01. The van der Waals surface area contributed by atoms with Crippen LogP contribution in [0.15, 0.2) is 59.1 Å². The van der Waals surface area contributed by atoms with E-state index in [0.717, 1.165) is 39.4 Å². The Bertz CT molecular complexity index is 1030. The van der Waals surface area contributed by atoms with Crippen LogP contribution in [0.3, 0.4) is 0 Å². The number of benzene rings is 2. The number of nitrogens with zero attached hydrogens (tertiary/aromatic N) is 2. The number of rotatable bonds is 3. The minimum atomic E-state index is 0.303. The Labute approximate surface area is 140 Å². The van der Waals surface area contributed by atoms with Crippen LogP contribution in [0.5, 0.6) is 5.75 Å². The Morgan fingerprint density at radius 3 is 2.75 bits per heavy atom. The SMILES string of the molecule is Cc1cc2cc(-c3ncc(C)n3Cc3ccccc3O)ccc2o1. The molecule has 2 aromatic carbocycles. The Morgan fingerprint density at radius 1 is 1.08 bits per heavy atom. The highest BCUT2D eigenvalue weighted by molar-refractivity contribution is 5.83. The van der Waals surface area contributed by atoms with Gasteiger partial charge in [-0.2, -0.15) is 0 Å². The summed E-state index contributed by atoms with van der Waals surface area (Å²) >= 11 is 0. The van der Waals surface area contributed by atoms with Crippen molar-refractivity contribution < 1.29 is 9.52 Å². The van der Waals surface area contributed by atoms with Gasteiger partial charge < -0.3 is 14.1 Å². The van der Waals surface area contributed by atoms with Gasteiger partial charge in [-0.25, -0.2) is 4.98 Å². The molecule has 2 heterocycles. The normalized spacial score (nSPS) is 11.2. The summed E-state index contributed by atoms with van der Waals surface area (Å²) in [5.74, 6) is 2.09. The maximum Gasteiger partial charge on any atom is 0.140 e. The summed E-state index contributed by atoms with van der Waals surface area (Å²) in [6, 6.07) is 15.5. The number of furan rings is 1. The number of fused-ring (bicyclic) bond motifs is 1. The molecule has 4 rings (SSSR count). The molecule has 4 heteroatoms. The summed E-state index contributed by atoms with van der Waals surface area (Å²) < 4.78 is 7.76. The predicted molar refractivity (Wildman–Crippen MR) is 94.1 cm³/mol. The molecule has 0 saturated carbocycles. The third-order valence-corrected chi connectivity index (χ3v) is 4.27. The van der Waals surface area contributed by atoms with Crippen LogP contribution in [0, 0.1) is 13.8 Å². The fraction of sp³-hybridized carbons (Fsp3) is 0.150. The van der Waals surface area contributed by atoms with Crippen LogP contribution in [0.25, 0.3) is 22.4 Å². The molecule has 24 heavy (non-hydrogen) atoms. The lowest BCUT2D eigenvalue weighted by atomic mass is 10.1. The van der Waals surface area contributed by atoms with E-state index in [-0.39, 0.29) is 0 Å². The van der Waals surface area contributed by atoms with Crippen molar-refractivity contribution in [3.63, 3.8) is 0 Å². The molecule has 0 aliphatic rings. The van der Waals surface area contributed by atoms with Crippen LogP contribution in [-0.2, 0) is 6.54 Å². The number of hydrogen-bond donors (Lipinski definition) is 1. The molecule has 0 amide bonds. The van der Waals surface area contributed by atoms with Gasteiger partial charge in [-0.1, -0.05) is 18.2 Å². The molecular formula is C20H18N2O2. The van der Waals surface area contributed by atoms with E-state index in [1.165, 1.54) is 0 Å². The van der Waals surface area contributed by atoms with Crippen LogP contribution in [-0.4, -0.2) is 14.7 Å². The monoisotopic (exact) mass is 318 g/mol. The van der Waals surface area contributed by atoms with Crippen LogP contribution < -0.4 is 0 Å². The second-order valence-electron chi connectivity index (χ2n) is 6.05. The molecule has 0 spiro atoms. The van der Waals surface area contributed by atoms with E-state index in [0.29, 0.717) is 12.3 Å². The lowest BCUT2D eigenvalue weighted by Crippen LogP contribution is -2.04. The first-order valence-electron chi connectivity index (χ1n) is 7.91. The van der Waals surface area contributed by atoms with Crippen molar-refractivity contribution in [2.24, 2.45) is 0 Å². The standard InChI is InChI=1S/C20H18N2O2/c1-13-11-21-20(22(13)12-16-5-3-4-6-18(16)23)15-7-8-19-17(10-15)9-14(2)24-19/h3-11,23H,12H2,1-2H3. The van der Waals surface area contributed by atoms with Gasteiger partial charge in [0.15, 0.2) is 0 Å². The molecule has 0 fully saturated rings. The van der Waals surface area contributed by atoms with Gasteiger partial charge in [-0.15, -0.1) is 0 Å². The molecule has 1 N–H and O–H groups in total. The van der Waals surface area contributed by atoms with E-state index < -0.39 is 0 Å². The Kier molecular flexibility index (Phi) is 3.38. The summed E-state index contributed by atoms with van der Waals surface area (Å²) in [7, 11) is 0. The minimum Gasteiger partial charge on any atom is -0.508 e. The van der Waals surface area contributed by atoms with E-state index >= 15 is 0 Å². The average molecular weight is 318 g/mol. The van der Waals surface area contributed by atoms with Crippen LogP contribution in [0.2, 0.25) is 0 Å². The highest BCUT2D eigenvalue weighted by Crippen LogP contribution is 2.28. The summed E-state index contributed by atoms with van der Waals surface area (Å²) in [4.78, 5) is 4.58. The van der Waals surface area contributed by atoms with Crippen molar-refractivity contribution in [1.82, 2.24) is 9.55 Å². The summed E-state index contributed by atoms with van der Waals surface area (Å²) in [5, 5.41) is 11.1. The average Bonchev–Trinajstić information content (AvgIpc) is 3.11. The van der Waals surface area contributed by atoms with Crippen molar-refractivity contribution in [1.29, 1.82) is 0 Å². The zero-order valence-corrected chi connectivity index (χ0v) is 13.7. The summed E-state index contributed by atoms with van der Waals surface area (Å²) in [6.45, 7) is 4.55. The second-order valence-corrected chi connectivity index (χ2v) is 6.05. The fourth-order valence-corrected chi connectivity index (χ4v) is 3.02. The van der Waals surface area contributed by atoms with Crippen LogP contribution in [0.1, 0.15) is 17.0 Å². The number of para-hydroxylation sites is 1. The predicted octanol–water partition coefficient (Wildman–Crippen LogP) is 4.67. The maximum atomic E-state index is 10.1. The third kappa shape index (κ3) is 2.46. The first-order chi connectivity index (χ1) is 11.6. The third-order valence-electron chi connectivity index (χ3n) is 4.27. The van der Waals surface area contributed by atoms with Crippen molar-refractivity contribution >= 4 is 11.0 Å². The molecule has 0 bridgehead atoms. The van der Waals surface area contributed by atoms with Crippen molar-refractivity contribution in [2.75, 3.05) is 0 Å². The van der Waals surface area contributed by atoms with Gasteiger partial charge in [0.1, 0.15) is 22.9 Å². The molecule has 2 aromatic heterocycles. The van der Waals surface area contributed by atoms with Gasteiger partial charge in [-0.3, -0.25) is 0 Å². The molecule has 4 aromatic rings. The first kappa shape index (κ1) is 14.6.